The average Bonchev–Trinajstić information content (AvgIpc) is 2.39. The summed E-state index contributed by atoms with van der Waals surface area (Å²) in [5.74, 6) is 1.05. The Labute approximate surface area is 121 Å². The molecule has 0 radical (unpaired) electrons. The number of rotatable bonds is 4. The number of nitrogens with one attached hydrogen (secondary N) is 1. The normalized spacial score (nSPS) is 28.1. The molecule has 0 saturated carbocycles. The highest BCUT2D eigenvalue weighted by molar-refractivity contribution is 14.1. The first-order valence-corrected chi connectivity index (χ1v) is 7.72. The lowest BCUT2D eigenvalue weighted by atomic mass is 9.94. The molecule has 1 fully saturated rings. The van der Waals surface area contributed by atoms with Gasteiger partial charge in [0.1, 0.15) is 11.6 Å². The minimum absolute atomic E-state index is 0.223. The van der Waals surface area contributed by atoms with Crippen LogP contribution in [0.25, 0.3) is 0 Å². The quantitative estimate of drug-likeness (QED) is 0.500. The summed E-state index contributed by atoms with van der Waals surface area (Å²) >= 11 is 2.45. The molecule has 1 aliphatic rings. The molecule has 1 heterocycles. The summed E-state index contributed by atoms with van der Waals surface area (Å²) in [7, 11) is 0. The summed E-state index contributed by atoms with van der Waals surface area (Å²) in [6.07, 6.45) is 3.60. The van der Waals surface area contributed by atoms with Crippen LogP contribution in [0.1, 0.15) is 26.2 Å². The monoisotopic (exact) mass is 363 g/mol. The topological polar surface area (TPSA) is 21.3 Å². The second-order valence-corrected chi connectivity index (χ2v) is 6.12. The van der Waals surface area contributed by atoms with Gasteiger partial charge in [-0.25, -0.2) is 4.39 Å². The molecule has 2 nitrogen and oxygen atoms in total. The van der Waals surface area contributed by atoms with Gasteiger partial charge in [0.2, 0.25) is 0 Å². The molecule has 1 aromatic carbocycles. The lowest BCUT2D eigenvalue weighted by Crippen LogP contribution is -2.45. The van der Waals surface area contributed by atoms with Gasteiger partial charge in [0.05, 0.1) is 10.7 Å². The maximum absolute atomic E-state index is 12.8. The first kappa shape index (κ1) is 14.1. The van der Waals surface area contributed by atoms with E-state index in [1.807, 2.05) is 0 Å². The zero-order valence-corrected chi connectivity index (χ0v) is 12.7. The smallest absolute Gasteiger partial charge is 0.123 e. The molecule has 1 N–H and O–H groups in total. The Balaban J connectivity index is 1.81. The maximum atomic E-state index is 12.8. The van der Waals surface area contributed by atoms with E-state index in [4.69, 9.17) is 4.74 Å². The SMILES string of the molecule is CCC1CC[C@@H](COc2ccc(F)cc2)C(I)N1. The van der Waals surface area contributed by atoms with E-state index in [1.54, 1.807) is 12.1 Å². The fraction of sp³-hybridized carbons (Fsp3) is 0.571. The van der Waals surface area contributed by atoms with Gasteiger partial charge >= 0.3 is 0 Å². The van der Waals surface area contributed by atoms with Gasteiger partial charge in [-0.2, -0.15) is 0 Å². The van der Waals surface area contributed by atoms with E-state index in [-0.39, 0.29) is 5.82 Å². The number of halogens is 2. The Kier molecular flexibility index (Phi) is 5.24. The van der Waals surface area contributed by atoms with Crippen molar-refractivity contribution < 1.29 is 9.13 Å². The highest BCUT2D eigenvalue weighted by atomic mass is 127. The summed E-state index contributed by atoms with van der Waals surface area (Å²) < 4.78 is 18.9. The van der Waals surface area contributed by atoms with Gasteiger partial charge in [-0.1, -0.05) is 29.5 Å². The molecule has 0 aliphatic carbocycles. The number of alkyl halides is 1. The summed E-state index contributed by atoms with van der Waals surface area (Å²) in [6.45, 7) is 2.92. The molecule has 1 saturated heterocycles. The number of piperidine rings is 1. The molecule has 3 atom stereocenters. The van der Waals surface area contributed by atoms with Gasteiger partial charge in [0.15, 0.2) is 0 Å². The van der Waals surface area contributed by atoms with E-state index in [1.165, 1.54) is 31.4 Å². The van der Waals surface area contributed by atoms with Gasteiger partial charge in [0.25, 0.3) is 0 Å². The van der Waals surface area contributed by atoms with Crippen LogP contribution in [-0.4, -0.2) is 16.7 Å². The molecule has 1 aromatic rings. The van der Waals surface area contributed by atoms with Crippen LogP contribution < -0.4 is 10.1 Å². The molecule has 0 amide bonds. The van der Waals surface area contributed by atoms with Crippen molar-refractivity contribution in [1.82, 2.24) is 5.32 Å². The molecular weight excluding hydrogens is 344 g/mol. The number of hydrogen-bond acceptors (Lipinski definition) is 2. The predicted molar refractivity (Wildman–Crippen MR) is 79.6 cm³/mol. The maximum Gasteiger partial charge on any atom is 0.123 e. The van der Waals surface area contributed by atoms with Crippen LogP contribution in [0.2, 0.25) is 0 Å². The molecule has 4 heteroatoms. The molecule has 0 aromatic heterocycles. The van der Waals surface area contributed by atoms with E-state index in [9.17, 15) is 4.39 Å². The van der Waals surface area contributed by atoms with Crippen LogP contribution in [-0.2, 0) is 0 Å². The van der Waals surface area contributed by atoms with Crippen molar-refractivity contribution in [3.8, 4) is 5.75 Å². The minimum Gasteiger partial charge on any atom is -0.493 e. The Morgan fingerprint density at radius 1 is 1.33 bits per heavy atom. The third kappa shape index (κ3) is 3.82. The van der Waals surface area contributed by atoms with E-state index in [2.05, 4.69) is 34.8 Å². The Morgan fingerprint density at radius 2 is 2.06 bits per heavy atom. The fourth-order valence-electron chi connectivity index (χ4n) is 2.23. The van der Waals surface area contributed by atoms with E-state index < -0.39 is 0 Å². The van der Waals surface area contributed by atoms with E-state index in [0.29, 0.717) is 22.6 Å². The molecule has 2 unspecified atom stereocenters. The Hall–Kier alpha value is -0.360. The van der Waals surface area contributed by atoms with Crippen molar-refractivity contribution in [2.24, 2.45) is 5.92 Å². The van der Waals surface area contributed by atoms with Gasteiger partial charge < -0.3 is 10.1 Å². The van der Waals surface area contributed by atoms with E-state index >= 15 is 0 Å². The predicted octanol–water partition coefficient (Wildman–Crippen LogP) is 3.74. The van der Waals surface area contributed by atoms with Gasteiger partial charge in [-0.15, -0.1) is 0 Å². The molecule has 100 valence electrons. The van der Waals surface area contributed by atoms with Crippen LogP contribution in [0.5, 0.6) is 5.75 Å². The number of benzene rings is 1. The molecule has 0 spiro atoms. The van der Waals surface area contributed by atoms with Crippen LogP contribution in [0.15, 0.2) is 24.3 Å². The van der Waals surface area contributed by atoms with Crippen molar-refractivity contribution >= 4 is 22.6 Å². The van der Waals surface area contributed by atoms with Crippen LogP contribution in [0, 0.1) is 11.7 Å². The van der Waals surface area contributed by atoms with Gasteiger partial charge in [-0.3, -0.25) is 0 Å². The minimum atomic E-state index is -0.223. The molecule has 0 bridgehead atoms. The van der Waals surface area contributed by atoms with Crippen LogP contribution in [0.3, 0.4) is 0 Å². The van der Waals surface area contributed by atoms with Gasteiger partial charge in [-0.05, 0) is 43.5 Å². The lowest BCUT2D eigenvalue weighted by molar-refractivity contribution is 0.192. The van der Waals surface area contributed by atoms with Crippen molar-refractivity contribution in [2.75, 3.05) is 6.61 Å². The number of ether oxygens (including phenoxy) is 1. The fourth-order valence-corrected chi connectivity index (χ4v) is 3.31. The molecule has 18 heavy (non-hydrogen) atoms. The largest absolute Gasteiger partial charge is 0.493 e. The van der Waals surface area contributed by atoms with Crippen LogP contribution >= 0.6 is 22.6 Å². The molecular formula is C14H19FINO. The lowest BCUT2D eigenvalue weighted by Gasteiger charge is -2.34. The first-order valence-electron chi connectivity index (χ1n) is 6.47. The zero-order valence-electron chi connectivity index (χ0n) is 10.5. The number of hydrogen-bond donors (Lipinski definition) is 1. The third-order valence-corrected chi connectivity index (χ3v) is 4.84. The van der Waals surface area contributed by atoms with Crippen molar-refractivity contribution in [1.29, 1.82) is 0 Å². The summed E-state index contributed by atoms with van der Waals surface area (Å²) in [6, 6.07) is 6.88. The second kappa shape index (κ2) is 6.70. The summed E-state index contributed by atoms with van der Waals surface area (Å²) in [5, 5.41) is 3.61. The highest BCUT2D eigenvalue weighted by Crippen LogP contribution is 2.26. The van der Waals surface area contributed by atoms with Gasteiger partial charge in [0, 0.05) is 12.0 Å². The second-order valence-electron chi connectivity index (χ2n) is 4.78. The first-order chi connectivity index (χ1) is 8.69. The summed E-state index contributed by atoms with van der Waals surface area (Å²) in [5.41, 5.74) is 0. The average molecular weight is 363 g/mol. The summed E-state index contributed by atoms with van der Waals surface area (Å²) in [4.78, 5) is 0. The van der Waals surface area contributed by atoms with Crippen LogP contribution in [0.4, 0.5) is 4.39 Å². The van der Waals surface area contributed by atoms with Crippen molar-refractivity contribution in [2.45, 2.75) is 36.3 Å². The standard InChI is InChI=1S/C14H19FINO/c1-2-12-6-3-10(14(16)17-12)9-18-13-7-4-11(15)5-8-13/h4-5,7-8,10,12,14,17H,2-3,6,9H2,1H3/t10-,12?,14?/m0/s1. The Morgan fingerprint density at radius 3 is 2.67 bits per heavy atom. The highest BCUT2D eigenvalue weighted by Gasteiger charge is 2.27. The van der Waals surface area contributed by atoms with Crippen molar-refractivity contribution in [3.05, 3.63) is 30.1 Å². The van der Waals surface area contributed by atoms with Crippen molar-refractivity contribution in [3.63, 3.8) is 0 Å². The van der Waals surface area contributed by atoms with E-state index in [0.717, 1.165) is 5.75 Å². The molecule has 1 aliphatic heterocycles. The Bertz CT molecular complexity index is 371. The third-order valence-electron chi connectivity index (χ3n) is 3.47. The molecule has 2 rings (SSSR count). The zero-order chi connectivity index (χ0) is 13.0.